The third-order valence-electron chi connectivity index (χ3n) is 10.1. The Morgan fingerprint density at radius 2 is 1.93 bits per heavy atom. The SMILES string of the molecule is CCc1cccc2cc(O)cc(-c3nc(Cl)c4c(N5CC6CCC(C5)N6)nc(OC[C@@]56CCCN5CC(F)C6)nc4c3F)c12. The number of ether oxygens (including phenoxy) is 1. The van der Waals surface area contributed by atoms with Crippen molar-refractivity contribution in [2.45, 2.75) is 69.2 Å². The molecule has 0 saturated carbocycles. The number of benzene rings is 2. The Hall–Kier alpha value is -3.34. The number of phenolic OH excluding ortho intramolecular Hbond substituents is 1. The fourth-order valence-electron chi connectivity index (χ4n) is 8.15. The van der Waals surface area contributed by atoms with E-state index in [1.807, 2.05) is 25.1 Å². The minimum Gasteiger partial charge on any atom is -0.508 e. The van der Waals surface area contributed by atoms with Gasteiger partial charge in [-0.05, 0) is 67.1 Å². The number of nitrogens with one attached hydrogen (secondary N) is 1. The number of aromatic nitrogens is 3. The average molecular weight is 621 g/mol. The Bertz CT molecular complexity index is 1780. The lowest BCUT2D eigenvalue weighted by atomic mass is 9.95. The van der Waals surface area contributed by atoms with Gasteiger partial charge in [-0.3, -0.25) is 4.90 Å². The molecule has 4 fully saturated rings. The number of hydrogen-bond donors (Lipinski definition) is 2. The quantitative estimate of drug-likeness (QED) is 0.262. The fraction of sp³-hybridized carbons (Fsp3) is 0.485. The number of piperazine rings is 1. The molecule has 4 aliphatic rings. The maximum atomic E-state index is 16.9. The van der Waals surface area contributed by atoms with E-state index in [1.54, 1.807) is 6.07 Å². The standard InChI is InChI=1S/C33H35ClF2N6O2/c1-2-18-5-3-6-19-11-23(43)12-24(25(18)19)28-27(36)29-26(30(34)38-28)31(41-15-21-7-8-22(16-41)37-21)40-32(39-29)44-17-33-9-4-10-42(33)14-20(35)13-33/h3,5-6,11-12,20-22,37,43H,2,4,7-10,13-17H2,1H3/t20?,21?,22?,33-/m0/s1. The van der Waals surface area contributed by atoms with Crippen LogP contribution in [0, 0.1) is 5.82 Å². The second-order valence-corrected chi connectivity index (χ2v) is 13.2. The highest BCUT2D eigenvalue weighted by atomic mass is 35.5. The lowest BCUT2D eigenvalue weighted by molar-refractivity contribution is 0.107. The van der Waals surface area contributed by atoms with Crippen molar-refractivity contribution < 1.29 is 18.6 Å². The monoisotopic (exact) mass is 620 g/mol. The van der Waals surface area contributed by atoms with Gasteiger partial charge in [0.2, 0.25) is 0 Å². The summed E-state index contributed by atoms with van der Waals surface area (Å²) < 4.78 is 37.6. The van der Waals surface area contributed by atoms with Crippen molar-refractivity contribution >= 4 is 39.1 Å². The highest BCUT2D eigenvalue weighted by Crippen LogP contribution is 2.43. The molecule has 0 amide bonds. The number of halogens is 3. The maximum absolute atomic E-state index is 16.9. The molecule has 0 radical (unpaired) electrons. The molecule has 11 heteroatoms. The van der Waals surface area contributed by atoms with Gasteiger partial charge in [0.05, 0.1) is 10.9 Å². The summed E-state index contributed by atoms with van der Waals surface area (Å²) in [7, 11) is 0. The predicted octanol–water partition coefficient (Wildman–Crippen LogP) is 5.80. The van der Waals surface area contributed by atoms with E-state index in [9.17, 15) is 9.50 Å². The highest BCUT2D eigenvalue weighted by Gasteiger charge is 2.49. The first-order chi connectivity index (χ1) is 21.3. The molecule has 230 valence electrons. The molecule has 4 aromatic rings. The lowest BCUT2D eigenvalue weighted by Crippen LogP contribution is -2.51. The molecule has 2 aromatic carbocycles. The van der Waals surface area contributed by atoms with Gasteiger partial charge in [-0.1, -0.05) is 36.7 Å². The molecule has 8 rings (SSSR count). The molecule has 4 aliphatic heterocycles. The van der Waals surface area contributed by atoms with Crippen molar-refractivity contribution in [2.75, 3.05) is 37.7 Å². The first-order valence-corrected chi connectivity index (χ1v) is 16.0. The number of aromatic hydroxyl groups is 1. The Morgan fingerprint density at radius 3 is 2.73 bits per heavy atom. The molecular formula is C33H35ClF2N6O2. The van der Waals surface area contributed by atoms with E-state index in [0.29, 0.717) is 61.3 Å². The highest BCUT2D eigenvalue weighted by molar-refractivity contribution is 6.35. The molecule has 2 bridgehead atoms. The van der Waals surface area contributed by atoms with Gasteiger partial charge in [0.15, 0.2) is 5.82 Å². The number of hydrogen-bond acceptors (Lipinski definition) is 8. The topological polar surface area (TPSA) is 86.6 Å². The summed E-state index contributed by atoms with van der Waals surface area (Å²) in [6.45, 7) is 4.91. The van der Waals surface area contributed by atoms with Gasteiger partial charge in [-0.25, -0.2) is 13.8 Å². The maximum Gasteiger partial charge on any atom is 0.319 e. The van der Waals surface area contributed by atoms with Crippen molar-refractivity contribution in [2.24, 2.45) is 0 Å². The van der Waals surface area contributed by atoms with E-state index in [2.05, 4.69) is 25.1 Å². The molecule has 2 aromatic heterocycles. The summed E-state index contributed by atoms with van der Waals surface area (Å²) in [5.41, 5.74) is 1.08. The number of anilines is 1. The predicted molar refractivity (Wildman–Crippen MR) is 167 cm³/mol. The van der Waals surface area contributed by atoms with Crippen molar-refractivity contribution in [1.82, 2.24) is 25.2 Å². The van der Waals surface area contributed by atoms with Crippen LogP contribution in [0.1, 0.15) is 44.6 Å². The molecule has 8 nitrogen and oxygen atoms in total. The minimum absolute atomic E-state index is 0.00460. The van der Waals surface area contributed by atoms with E-state index >= 15 is 4.39 Å². The lowest BCUT2D eigenvalue weighted by Gasteiger charge is -2.34. The van der Waals surface area contributed by atoms with Crippen molar-refractivity contribution in [3.05, 3.63) is 46.9 Å². The molecule has 4 saturated heterocycles. The minimum atomic E-state index is -0.890. The van der Waals surface area contributed by atoms with Crippen molar-refractivity contribution in [1.29, 1.82) is 0 Å². The normalized spacial score (nSPS) is 26.6. The Morgan fingerprint density at radius 1 is 1.11 bits per heavy atom. The van der Waals surface area contributed by atoms with Crippen LogP contribution < -0.4 is 15.0 Å². The average Bonchev–Trinajstić information content (AvgIpc) is 3.66. The van der Waals surface area contributed by atoms with Gasteiger partial charge in [0.25, 0.3) is 0 Å². The second-order valence-electron chi connectivity index (χ2n) is 12.9. The van der Waals surface area contributed by atoms with Crippen LogP contribution in [0.4, 0.5) is 14.6 Å². The third-order valence-corrected chi connectivity index (χ3v) is 10.4. The number of pyridine rings is 1. The van der Waals surface area contributed by atoms with E-state index in [1.165, 1.54) is 6.07 Å². The Labute approximate surface area is 259 Å². The summed E-state index contributed by atoms with van der Waals surface area (Å²) in [6.07, 6.45) is 4.18. The number of rotatable bonds is 6. The van der Waals surface area contributed by atoms with Gasteiger partial charge in [-0.15, -0.1) is 0 Å². The first kappa shape index (κ1) is 28.2. The zero-order valence-corrected chi connectivity index (χ0v) is 25.4. The summed E-state index contributed by atoms with van der Waals surface area (Å²) in [5, 5.41) is 16.3. The second kappa shape index (κ2) is 10.6. The smallest absolute Gasteiger partial charge is 0.319 e. The molecule has 2 N–H and O–H groups in total. The molecule has 0 aliphatic carbocycles. The molecule has 4 atom stereocenters. The molecule has 0 spiro atoms. The van der Waals surface area contributed by atoms with Gasteiger partial charge in [-0.2, -0.15) is 9.97 Å². The van der Waals surface area contributed by atoms with Gasteiger partial charge in [0, 0.05) is 43.7 Å². The number of phenols is 1. The summed E-state index contributed by atoms with van der Waals surface area (Å²) in [6, 6.07) is 9.65. The summed E-state index contributed by atoms with van der Waals surface area (Å²) >= 11 is 6.93. The van der Waals surface area contributed by atoms with E-state index < -0.39 is 17.5 Å². The Balaban J connectivity index is 1.29. The van der Waals surface area contributed by atoms with Gasteiger partial charge >= 0.3 is 6.01 Å². The largest absolute Gasteiger partial charge is 0.508 e. The third kappa shape index (κ3) is 4.56. The van der Waals surface area contributed by atoms with Crippen LogP contribution in [0.5, 0.6) is 11.8 Å². The van der Waals surface area contributed by atoms with Crippen LogP contribution in [0.2, 0.25) is 5.15 Å². The van der Waals surface area contributed by atoms with E-state index in [0.717, 1.165) is 48.6 Å². The van der Waals surface area contributed by atoms with Gasteiger partial charge in [0.1, 0.15) is 40.7 Å². The number of aryl methyl sites for hydroxylation is 1. The zero-order valence-electron chi connectivity index (χ0n) is 24.6. The molecule has 6 heterocycles. The zero-order chi connectivity index (χ0) is 30.2. The number of alkyl halides is 1. The van der Waals surface area contributed by atoms with Crippen LogP contribution in [-0.4, -0.2) is 81.5 Å². The molecule has 3 unspecified atom stereocenters. The van der Waals surface area contributed by atoms with Crippen molar-refractivity contribution in [3.63, 3.8) is 0 Å². The first-order valence-electron chi connectivity index (χ1n) is 15.7. The fourth-order valence-corrected chi connectivity index (χ4v) is 8.41. The van der Waals surface area contributed by atoms with E-state index in [-0.39, 0.29) is 34.7 Å². The molecular weight excluding hydrogens is 586 g/mol. The Kier molecular flexibility index (Phi) is 6.80. The number of nitrogens with zero attached hydrogens (tertiary/aromatic N) is 5. The van der Waals surface area contributed by atoms with Crippen LogP contribution in [0.3, 0.4) is 0 Å². The van der Waals surface area contributed by atoms with Crippen LogP contribution in [0.15, 0.2) is 30.3 Å². The number of fused-ring (bicyclic) bond motifs is 5. The van der Waals surface area contributed by atoms with E-state index in [4.69, 9.17) is 21.3 Å². The summed E-state index contributed by atoms with van der Waals surface area (Å²) in [5.74, 6) is -0.152. The van der Waals surface area contributed by atoms with Crippen LogP contribution in [-0.2, 0) is 6.42 Å². The van der Waals surface area contributed by atoms with Crippen LogP contribution >= 0.6 is 11.6 Å². The van der Waals surface area contributed by atoms with Crippen molar-refractivity contribution in [3.8, 4) is 23.0 Å². The van der Waals surface area contributed by atoms with Crippen LogP contribution in [0.25, 0.3) is 32.9 Å². The van der Waals surface area contributed by atoms with Gasteiger partial charge < -0.3 is 20.1 Å². The molecule has 44 heavy (non-hydrogen) atoms. The summed E-state index contributed by atoms with van der Waals surface area (Å²) in [4.78, 5) is 18.4.